The molecule has 1 N–H and O–H groups in total. The molecule has 1 saturated heterocycles. The third kappa shape index (κ3) is 3.12. The van der Waals surface area contributed by atoms with Gasteiger partial charge < -0.3 is 15.1 Å². The molecule has 7 nitrogen and oxygen atoms in total. The highest BCUT2D eigenvalue weighted by molar-refractivity contribution is 6.07. The third-order valence-electron chi connectivity index (χ3n) is 7.52. The molecule has 3 heterocycles. The van der Waals surface area contributed by atoms with Crippen molar-refractivity contribution in [2.24, 2.45) is 5.92 Å². The van der Waals surface area contributed by atoms with Crippen LogP contribution in [0, 0.1) is 17.2 Å². The van der Waals surface area contributed by atoms with Crippen LogP contribution in [0.25, 0.3) is 0 Å². The Bertz CT molecular complexity index is 1230. The molecule has 2 aromatic rings. The van der Waals surface area contributed by atoms with Crippen molar-refractivity contribution < 1.29 is 14.4 Å². The molecule has 0 radical (unpaired) electrons. The number of likely N-dealkylation sites (tertiary alicyclic amines) is 1. The van der Waals surface area contributed by atoms with Gasteiger partial charge in [-0.05, 0) is 42.5 Å². The molecule has 4 atom stereocenters. The van der Waals surface area contributed by atoms with Gasteiger partial charge >= 0.3 is 0 Å². The second-order valence-corrected chi connectivity index (χ2v) is 10.0. The lowest BCUT2D eigenvalue weighted by Gasteiger charge is -2.35. The Balaban J connectivity index is 1.51. The molecule has 0 bridgehead atoms. The van der Waals surface area contributed by atoms with Crippen LogP contribution in [0.3, 0.4) is 0 Å². The normalized spacial score (nSPS) is 26.0. The number of para-hydroxylation sites is 1. The summed E-state index contributed by atoms with van der Waals surface area (Å²) in [6.45, 7) is 6.11. The summed E-state index contributed by atoms with van der Waals surface area (Å²) >= 11 is 0. The highest BCUT2D eigenvalue weighted by Crippen LogP contribution is 2.47. The fourth-order valence-electron chi connectivity index (χ4n) is 5.89. The number of amides is 3. The van der Waals surface area contributed by atoms with Gasteiger partial charge in [-0.1, -0.05) is 50.2 Å². The summed E-state index contributed by atoms with van der Waals surface area (Å²) in [6, 6.07) is 15.5. The highest BCUT2D eigenvalue weighted by Gasteiger charge is 2.57. The number of nitriles is 1. The highest BCUT2D eigenvalue weighted by atomic mass is 16.2. The number of benzene rings is 2. The molecule has 3 aliphatic heterocycles. The number of rotatable bonds is 4. The number of carbonyl (C=O) groups excluding carboxylic acids is 3. The smallest absolute Gasteiger partial charge is 0.255 e. The molecule has 174 valence electrons. The van der Waals surface area contributed by atoms with Gasteiger partial charge in [-0.2, -0.15) is 5.26 Å². The predicted octanol–water partition coefficient (Wildman–Crippen LogP) is 3.63. The summed E-state index contributed by atoms with van der Waals surface area (Å²) in [5, 5.41) is 12.9. The van der Waals surface area contributed by atoms with Gasteiger partial charge in [0.05, 0.1) is 17.5 Å². The summed E-state index contributed by atoms with van der Waals surface area (Å²) in [5.74, 6) is -0.441. The Morgan fingerprint density at radius 1 is 1.18 bits per heavy atom. The van der Waals surface area contributed by atoms with Crippen LogP contribution < -0.4 is 5.32 Å². The van der Waals surface area contributed by atoms with Gasteiger partial charge in [-0.3, -0.25) is 14.4 Å². The number of hydrogen-bond acceptors (Lipinski definition) is 4. The van der Waals surface area contributed by atoms with Crippen LogP contribution in [0.1, 0.15) is 61.1 Å². The zero-order valence-electron chi connectivity index (χ0n) is 19.6. The Kier molecular flexibility index (Phi) is 5.20. The van der Waals surface area contributed by atoms with E-state index in [0.29, 0.717) is 12.0 Å². The molecule has 5 rings (SSSR count). The van der Waals surface area contributed by atoms with E-state index in [4.69, 9.17) is 0 Å². The Labute approximate surface area is 199 Å². The summed E-state index contributed by atoms with van der Waals surface area (Å²) in [7, 11) is 0. The van der Waals surface area contributed by atoms with E-state index in [2.05, 4.69) is 11.4 Å². The van der Waals surface area contributed by atoms with Gasteiger partial charge in [0, 0.05) is 24.2 Å². The molecule has 34 heavy (non-hydrogen) atoms. The largest absolute Gasteiger partial charge is 0.325 e. The molecule has 7 heteroatoms. The number of anilines is 1. The summed E-state index contributed by atoms with van der Waals surface area (Å²) in [6.07, 6.45) is 0.726. The van der Waals surface area contributed by atoms with Crippen LogP contribution in [-0.2, 0) is 15.0 Å². The maximum absolute atomic E-state index is 14.1. The minimum absolute atomic E-state index is 0.130. The number of hydrogen-bond donors (Lipinski definition) is 1. The standard InChI is InChI=1S/C27H28N4O3/c1-16(2)12-23(31-17(3)19-8-4-5-9-20(19)24(31)32)25(33)30-15-27(13-18(30)14-28)21-10-6-7-11-22(21)29-26(27)34/h4-11,16-18,23H,12-13,15H2,1-3H3,(H,29,34)/t17-,18+,23+,27+/m1/s1. The topological polar surface area (TPSA) is 93.5 Å². The molecule has 3 amide bonds. The maximum Gasteiger partial charge on any atom is 0.255 e. The minimum Gasteiger partial charge on any atom is -0.325 e. The average Bonchev–Trinajstić information content (AvgIpc) is 3.43. The van der Waals surface area contributed by atoms with Gasteiger partial charge in [0.1, 0.15) is 12.1 Å². The van der Waals surface area contributed by atoms with E-state index >= 15 is 0 Å². The second-order valence-electron chi connectivity index (χ2n) is 10.0. The lowest BCUT2D eigenvalue weighted by Crippen LogP contribution is -2.52. The first kappa shape index (κ1) is 22.1. The summed E-state index contributed by atoms with van der Waals surface area (Å²) in [5.41, 5.74) is 2.15. The van der Waals surface area contributed by atoms with Crippen molar-refractivity contribution in [3.05, 3.63) is 65.2 Å². The molecule has 3 aliphatic rings. The first-order valence-corrected chi connectivity index (χ1v) is 11.8. The number of nitrogens with one attached hydrogen (secondary N) is 1. The number of nitrogens with zero attached hydrogens (tertiary/aromatic N) is 3. The van der Waals surface area contributed by atoms with E-state index in [1.165, 1.54) is 4.90 Å². The molecule has 1 fully saturated rings. The Hall–Kier alpha value is -3.66. The van der Waals surface area contributed by atoms with Gasteiger partial charge in [-0.15, -0.1) is 0 Å². The summed E-state index contributed by atoms with van der Waals surface area (Å²) < 4.78 is 0. The lowest BCUT2D eigenvalue weighted by molar-refractivity contribution is -0.137. The molecular formula is C27H28N4O3. The molecule has 0 aliphatic carbocycles. The van der Waals surface area contributed by atoms with Crippen LogP contribution in [-0.4, -0.2) is 46.1 Å². The molecular weight excluding hydrogens is 428 g/mol. The number of carbonyl (C=O) groups is 3. The average molecular weight is 457 g/mol. The monoisotopic (exact) mass is 456 g/mol. The fourth-order valence-corrected chi connectivity index (χ4v) is 5.89. The molecule has 0 aromatic heterocycles. The van der Waals surface area contributed by atoms with E-state index in [0.717, 1.165) is 16.8 Å². The van der Waals surface area contributed by atoms with Gasteiger partial charge in [0.15, 0.2) is 0 Å². The molecule has 0 unspecified atom stereocenters. The van der Waals surface area contributed by atoms with Crippen molar-refractivity contribution in [1.82, 2.24) is 9.80 Å². The van der Waals surface area contributed by atoms with E-state index in [1.54, 1.807) is 11.0 Å². The zero-order chi connectivity index (χ0) is 24.2. The van der Waals surface area contributed by atoms with Crippen LogP contribution in [0.15, 0.2) is 48.5 Å². The van der Waals surface area contributed by atoms with Gasteiger partial charge in [0.25, 0.3) is 5.91 Å². The zero-order valence-corrected chi connectivity index (χ0v) is 19.6. The van der Waals surface area contributed by atoms with Crippen molar-refractivity contribution in [3.63, 3.8) is 0 Å². The van der Waals surface area contributed by atoms with E-state index < -0.39 is 17.5 Å². The van der Waals surface area contributed by atoms with Crippen molar-refractivity contribution >= 4 is 23.4 Å². The SMILES string of the molecule is CC(C)C[C@@H](C(=O)N1C[C@]2(C[C@H]1C#N)C(=O)Nc1ccccc12)N1C(=O)c2ccccc2[C@H]1C. The molecule has 0 saturated carbocycles. The first-order chi connectivity index (χ1) is 16.3. The van der Waals surface area contributed by atoms with E-state index in [1.807, 2.05) is 63.2 Å². The first-order valence-electron chi connectivity index (χ1n) is 11.8. The van der Waals surface area contributed by atoms with Crippen molar-refractivity contribution in [2.45, 2.75) is 57.2 Å². The van der Waals surface area contributed by atoms with Gasteiger partial charge in [0.2, 0.25) is 11.8 Å². The fraction of sp³-hybridized carbons (Fsp3) is 0.407. The number of fused-ring (bicyclic) bond motifs is 3. The minimum atomic E-state index is -0.946. The van der Waals surface area contributed by atoms with Gasteiger partial charge in [-0.25, -0.2) is 0 Å². The van der Waals surface area contributed by atoms with E-state index in [-0.39, 0.29) is 42.6 Å². The van der Waals surface area contributed by atoms with Crippen molar-refractivity contribution in [3.8, 4) is 6.07 Å². The third-order valence-corrected chi connectivity index (χ3v) is 7.52. The quantitative estimate of drug-likeness (QED) is 0.760. The van der Waals surface area contributed by atoms with Crippen LogP contribution in [0.4, 0.5) is 5.69 Å². The van der Waals surface area contributed by atoms with Crippen molar-refractivity contribution in [1.29, 1.82) is 5.26 Å². The Morgan fingerprint density at radius 3 is 2.59 bits per heavy atom. The predicted molar refractivity (Wildman–Crippen MR) is 127 cm³/mol. The van der Waals surface area contributed by atoms with Crippen molar-refractivity contribution in [2.75, 3.05) is 11.9 Å². The maximum atomic E-state index is 14.1. The van der Waals surface area contributed by atoms with E-state index in [9.17, 15) is 19.6 Å². The molecule has 2 aromatic carbocycles. The second kappa shape index (κ2) is 7.98. The lowest BCUT2D eigenvalue weighted by atomic mass is 9.80. The van der Waals surface area contributed by atoms with Crippen LogP contribution >= 0.6 is 0 Å². The summed E-state index contributed by atoms with van der Waals surface area (Å²) in [4.78, 5) is 43.8. The van der Waals surface area contributed by atoms with Crippen LogP contribution in [0.5, 0.6) is 0 Å². The van der Waals surface area contributed by atoms with Crippen LogP contribution in [0.2, 0.25) is 0 Å². The molecule has 1 spiro atoms. The Morgan fingerprint density at radius 2 is 1.88 bits per heavy atom.